The predicted molar refractivity (Wildman–Crippen MR) is 105 cm³/mol. The first-order valence-electron chi connectivity index (χ1n) is 8.99. The molecule has 0 heterocycles. The van der Waals surface area contributed by atoms with E-state index in [1.54, 1.807) is 24.3 Å². The molecule has 0 radical (unpaired) electrons. The molecule has 6 nitrogen and oxygen atoms in total. The molecule has 1 saturated carbocycles. The van der Waals surface area contributed by atoms with Gasteiger partial charge in [-0.2, -0.15) is 0 Å². The van der Waals surface area contributed by atoms with E-state index in [1.807, 2.05) is 32.0 Å². The van der Waals surface area contributed by atoms with E-state index in [1.165, 1.54) is 0 Å². The maximum absolute atomic E-state index is 12.3. The second-order valence-electron chi connectivity index (χ2n) is 6.84. The van der Waals surface area contributed by atoms with Crippen LogP contribution in [0.2, 0.25) is 0 Å². The third-order valence-corrected chi connectivity index (χ3v) is 4.50. The van der Waals surface area contributed by atoms with Gasteiger partial charge in [0.2, 0.25) is 11.8 Å². The van der Waals surface area contributed by atoms with Gasteiger partial charge >= 0.3 is 0 Å². The number of aryl methyl sites for hydroxylation is 2. The number of hydrogen-bond donors (Lipinski definition) is 3. The Morgan fingerprint density at radius 3 is 2.30 bits per heavy atom. The molecule has 0 spiro atoms. The van der Waals surface area contributed by atoms with Crippen LogP contribution < -0.4 is 16.0 Å². The highest BCUT2D eigenvalue weighted by Crippen LogP contribution is 2.30. The van der Waals surface area contributed by atoms with Gasteiger partial charge < -0.3 is 16.0 Å². The molecule has 2 aromatic carbocycles. The summed E-state index contributed by atoms with van der Waals surface area (Å²) in [5.41, 5.74) is 3.67. The first kappa shape index (κ1) is 18.6. The van der Waals surface area contributed by atoms with Gasteiger partial charge in [0.15, 0.2) is 0 Å². The molecule has 0 atom stereocenters. The maximum atomic E-state index is 12.3. The largest absolute Gasteiger partial charge is 0.343 e. The second kappa shape index (κ2) is 8.03. The topological polar surface area (TPSA) is 87.3 Å². The fraction of sp³-hybridized carbons (Fsp3) is 0.286. The SMILES string of the molecule is Cc1cccc(C)c1NC(=O)CNC(=O)c1cccc(NC(=O)C2CC2)c1. The zero-order chi connectivity index (χ0) is 19.4. The van der Waals surface area contributed by atoms with Crippen molar-refractivity contribution >= 4 is 29.1 Å². The number of anilines is 2. The molecule has 0 bridgehead atoms. The van der Waals surface area contributed by atoms with E-state index in [0.717, 1.165) is 29.7 Å². The summed E-state index contributed by atoms with van der Waals surface area (Å²) in [5.74, 6) is -0.579. The number of carbonyl (C=O) groups excluding carboxylic acids is 3. The lowest BCUT2D eigenvalue weighted by Gasteiger charge is -2.12. The van der Waals surface area contributed by atoms with E-state index >= 15 is 0 Å². The molecular weight excluding hydrogens is 342 g/mol. The molecule has 0 saturated heterocycles. The van der Waals surface area contributed by atoms with Gasteiger partial charge in [0, 0.05) is 22.9 Å². The molecule has 6 heteroatoms. The lowest BCUT2D eigenvalue weighted by Crippen LogP contribution is -2.33. The smallest absolute Gasteiger partial charge is 0.251 e. The van der Waals surface area contributed by atoms with Gasteiger partial charge in [-0.1, -0.05) is 24.3 Å². The second-order valence-corrected chi connectivity index (χ2v) is 6.84. The molecule has 3 N–H and O–H groups in total. The van der Waals surface area contributed by atoms with Gasteiger partial charge in [0.05, 0.1) is 6.54 Å². The van der Waals surface area contributed by atoms with Crippen LogP contribution in [0.4, 0.5) is 11.4 Å². The Balaban J connectivity index is 1.55. The van der Waals surface area contributed by atoms with Crippen molar-refractivity contribution < 1.29 is 14.4 Å². The van der Waals surface area contributed by atoms with Crippen LogP contribution in [0.1, 0.15) is 34.3 Å². The number of benzene rings is 2. The highest BCUT2D eigenvalue weighted by Gasteiger charge is 2.29. The number of rotatable bonds is 6. The molecule has 0 aliphatic heterocycles. The van der Waals surface area contributed by atoms with Crippen molar-refractivity contribution in [2.24, 2.45) is 5.92 Å². The Kier molecular flexibility index (Phi) is 5.54. The van der Waals surface area contributed by atoms with Crippen molar-refractivity contribution in [1.82, 2.24) is 5.32 Å². The maximum Gasteiger partial charge on any atom is 0.251 e. The van der Waals surface area contributed by atoms with Crippen molar-refractivity contribution in [3.63, 3.8) is 0 Å². The summed E-state index contributed by atoms with van der Waals surface area (Å²) in [7, 11) is 0. The number of nitrogens with one attached hydrogen (secondary N) is 3. The summed E-state index contributed by atoms with van der Waals surface area (Å²) in [6.45, 7) is 3.70. The lowest BCUT2D eigenvalue weighted by molar-refractivity contribution is -0.117. The van der Waals surface area contributed by atoms with Crippen molar-refractivity contribution in [2.75, 3.05) is 17.2 Å². The van der Waals surface area contributed by atoms with E-state index in [-0.39, 0.29) is 30.2 Å². The van der Waals surface area contributed by atoms with Gasteiger partial charge in [-0.3, -0.25) is 14.4 Å². The van der Waals surface area contributed by atoms with Gasteiger partial charge in [0.25, 0.3) is 5.91 Å². The summed E-state index contributed by atoms with van der Waals surface area (Å²) < 4.78 is 0. The van der Waals surface area contributed by atoms with Crippen LogP contribution in [0.25, 0.3) is 0 Å². The van der Waals surface area contributed by atoms with Crippen molar-refractivity contribution in [2.45, 2.75) is 26.7 Å². The van der Waals surface area contributed by atoms with Crippen LogP contribution >= 0.6 is 0 Å². The molecule has 3 amide bonds. The Hall–Kier alpha value is -3.15. The summed E-state index contributed by atoms with van der Waals surface area (Å²) in [6, 6.07) is 12.5. The minimum absolute atomic E-state index is 0.0134. The molecular formula is C21H23N3O3. The van der Waals surface area contributed by atoms with Gasteiger partial charge in [-0.15, -0.1) is 0 Å². The molecule has 27 heavy (non-hydrogen) atoms. The monoisotopic (exact) mass is 365 g/mol. The first-order chi connectivity index (χ1) is 12.9. The summed E-state index contributed by atoms with van der Waals surface area (Å²) in [6.07, 6.45) is 1.84. The van der Waals surface area contributed by atoms with Crippen LogP contribution in [0.5, 0.6) is 0 Å². The minimum Gasteiger partial charge on any atom is -0.343 e. The number of para-hydroxylation sites is 1. The van der Waals surface area contributed by atoms with E-state index in [2.05, 4.69) is 16.0 Å². The molecule has 3 rings (SSSR count). The van der Waals surface area contributed by atoms with Gasteiger partial charge in [-0.25, -0.2) is 0 Å². The molecule has 0 aromatic heterocycles. The summed E-state index contributed by atoms with van der Waals surface area (Å²) in [4.78, 5) is 36.3. The third kappa shape index (κ3) is 4.94. The zero-order valence-corrected chi connectivity index (χ0v) is 15.5. The predicted octanol–water partition coefficient (Wildman–Crippen LogP) is 3.02. The van der Waals surface area contributed by atoms with Crippen LogP contribution in [0, 0.1) is 19.8 Å². The number of amides is 3. The number of carbonyl (C=O) groups is 3. The zero-order valence-electron chi connectivity index (χ0n) is 15.5. The van der Waals surface area contributed by atoms with Crippen molar-refractivity contribution in [1.29, 1.82) is 0 Å². The average Bonchev–Trinajstić information content (AvgIpc) is 3.48. The van der Waals surface area contributed by atoms with Crippen LogP contribution in [0.3, 0.4) is 0 Å². The summed E-state index contributed by atoms with van der Waals surface area (Å²) in [5, 5.41) is 8.25. The van der Waals surface area contributed by atoms with Crippen LogP contribution in [0.15, 0.2) is 42.5 Å². The fourth-order valence-electron chi connectivity index (χ4n) is 2.79. The van der Waals surface area contributed by atoms with Crippen molar-refractivity contribution in [3.05, 3.63) is 59.2 Å². The van der Waals surface area contributed by atoms with Gasteiger partial charge in [0.1, 0.15) is 0 Å². The molecule has 2 aromatic rings. The normalized spacial score (nSPS) is 13.0. The van der Waals surface area contributed by atoms with E-state index < -0.39 is 0 Å². The lowest BCUT2D eigenvalue weighted by atomic mass is 10.1. The first-order valence-corrected chi connectivity index (χ1v) is 8.99. The Morgan fingerprint density at radius 2 is 1.63 bits per heavy atom. The van der Waals surface area contributed by atoms with Crippen molar-refractivity contribution in [3.8, 4) is 0 Å². The standard InChI is InChI=1S/C21H23N3O3/c1-13-5-3-6-14(2)19(13)24-18(25)12-22-20(26)16-7-4-8-17(11-16)23-21(27)15-9-10-15/h3-8,11,15H,9-10,12H2,1-2H3,(H,22,26)(H,23,27)(H,24,25). The molecule has 140 valence electrons. The Labute approximate surface area is 158 Å². The summed E-state index contributed by atoms with van der Waals surface area (Å²) >= 11 is 0. The highest BCUT2D eigenvalue weighted by molar-refractivity contribution is 6.01. The average molecular weight is 365 g/mol. The van der Waals surface area contributed by atoms with Gasteiger partial charge in [-0.05, 0) is 56.0 Å². The third-order valence-electron chi connectivity index (χ3n) is 4.50. The molecule has 1 fully saturated rings. The quantitative estimate of drug-likeness (QED) is 0.735. The minimum atomic E-state index is -0.367. The van der Waals surface area contributed by atoms with E-state index in [4.69, 9.17) is 0 Å². The van der Waals surface area contributed by atoms with E-state index in [9.17, 15) is 14.4 Å². The van der Waals surface area contributed by atoms with Crippen LogP contribution in [-0.2, 0) is 9.59 Å². The van der Waals surface area contributed by atoms with E-state index in [0.29, 0.717) is 11.3 Å². The highest BCUT2D eigenvalue weighted by atomic mass is 16.2. The number of hydrogen-bond acceptors (Lipinski definition) is 3. The fourth-order valence-corrected chi connectivity index (χ4v) is 2.79. The Morgan fingerprint density at radius 1 is 0.963 bits per heavy atom. The van der Waals surface area contributed by atoms with Crippen LogP contribution in [-0.4, -0.2) is 24.3 Å². The molecule has 1 aliphatic rings. The molecule has 1 aliphatic carbocycles. The molecule has 0 unspecified atom stereocenters. The Bertz CT molecular complexity index is 868.